The van der Waals surface area contributed by atoms with Crippen molar-refractivity contribution in [3.63, 3.8) is 0 Å². The molecule has 0 radical (unpaired) electrons. The van der Waals surface area contributed by atoms with Crippen molar-refractivity contribution in [3.05, 3.63) is 82.7 Å². The molecule has 0 amide bonds. The van der Waals surface area contributed by atoms with Gasteiger partial charge in [0.25, 0.3) is 0 Å². The molecule has 0 atom stereocenters. The van der Waals surface area contributed by atoms with E-state index in [1.165, 1.54) is 0 Å². The van der Waals surface area contributed by atoms with E-state index < -0.39 is 5.41 Å². The summed E-state index contributed by atoms with van der Waals surface area (Å²) in [5.41, 5.74) is 4.87. The van der Waals surface area contributed by atoms with Crippen molar-refractivity contribution in [2.45, 2.75) is 38.5 Å². The molecule has 30 heavy (non-hydrogen) atoms. The van der Waals surface area contributed by atoms with Crippen LogP contribution in [0.4, 0.5) is 4.39 Å². The van der Waals surface area contributed by atoms with Gasteiger partial charge in [-0.3, -0.25) is 4.79 Å². The summed E-state index contributed by atoms with van der Waals surface area (Å²) in [6.45, 7) is 4.15. The van der Waals surface area contributed by atoms with Crippen LogP contribution < -0.4 is 9.47 Å². The number of aryl methyl sites for hydroxylation is 2. The third kappa shape index (κ3) is 3.17. The van der Waals surface area contributed by atoms with Gasteiger partial charge in [0.15, 0.2) is 11.5 Å². The first kappa shape index (κ1) is 18.9. The van der Waals surface area contributed by atoms with E-state index in [4.69, 9.17) is 9.47 Å². The Balaban J connectivity index is 1.45. The largest absolute Gasteiger partial charge is 0.454 e. The lowest BCUT2D eigenvalue weighted by atomic mass is 9.86. The summed E-state index contributed by atoms with van der Waals surface area (Å²) in [4.78, 5) is 13.3. The van der Waals surface area contributed by atoms with Gasteiger partial charge in [-0.1, -0.05) is 35.9 Å². The van der Waals surface area contributed by atoms with E-state index in [0.29, 0.717) is 17.1 Å². The lowest BCUT2D eigenvalue weighted by molar-refractivity contribution is -0.120. The van der Waals surface area contributed by atoms with Crippen LogP contribution in [0.1, 0.15) is 35.1 Å². The molecule has 0 N–H and O–H groups in total. The fraction of sp³-hybridized carbons (Fsp3) is 0.269. The zero-order valence-electron chi connectivity index (χ0n) is 17.1. The van der Waals surface area contributed by atoms with E-state index in [9.17, 15) is 9.18 Å². The van der Waals surface area contributed by atoms with Crippen LogP contribution >= 0.6 is 0 Å². The summed E-state index contributed by atoms with van der Waals surface area (Å²) in [6.07, 6.45) is 1.65. The number of benzene rings is 3. The highest BCUT2D eigenvalue weighted by Gasteiger charge is 2.51. The minimum Gasteiger partial charge on any atom is -0.454 e. The second kappa shape index (κ2) is 6.98. The normalized spacial score (nSPS) is 15.8. The minimum absolute atomic E-state index is 0.0549. The molecule has 1 heterocycles. The predicted molar refractivity (Wildman–Crippen MR) is 113 cm³/mol. The summed E-state index contributed by atoms with van der Waals surface area (Å²) in [5, 5.41) is 0. The number of ketones is 1. The van der Waals surface area contributed by atoms with Crippen molar-refractivity contribution < 1.29 is 18.7 Å². The lowest BCUT2D eigenvalue weighted by Gasteiger charge is -2.17. The number of carbonyl (C=O) groups excluding carboxylic acids is 1. The second-order valence-corrected chi connectivity index (χ2v) is 8.38. The van der Waals surface area contributed by atoms with Crippen LogP contribution in [0.15, 0.2) is 54.6 Å². The first-order valence-electron chi connectivity index (χ1n) is 10.3. The number of fused-ring (bicyclic) bond motifs is 1. The molecular weight excluding hydrogens is 379 g/mol. The van der Waals surface area contributed by atoms with Crippen LogP contribution in [-0.4, -0.2) is 12.6 Å². The Morgan fingerprint density at radius 3 is 2.57 bits per heavy atom. The average molecular weight is 402 g/mol. The van der Waals surface area contributed by atoms with Crippen molar-refractivity contribution in [2.24, 2.45) is 0 Å². The second-order valence-electron chi connectivity index (χ2n) is 8.38. The zero-order chi connectivity index (χ0) is 20.9. The quantitative estimate of drug-likeness (QED) is 0.551. The molecule has 152 valence electrons. The molecular formula is C26H23FO3. The Labute approximate surface area is 175 Å². The molecule has 4 heteroatoms. The SMILES string of the molecule is Cc1cccc(-c2cc(CC(=O)C3(c4ccc5c(c4)OCO5)CC3)c(F)cc2C)c1. The fourth-order valence-electron chi connectivity index (χ4n) is 4.37. The summed E-state index contributed by atoms with van der Waals surface area (Å²) in [7, 11) is 0. The van der Waals surface area contributed by atoms with E-state index in [2.05, 4.69) is 6.07 Å². The maximum atomic E-state index is 14.8. The first-order chi connectivity index (χ1) is 14.5. The number of Topliss-reactive ketones (excluding diaryl/α,β-unsaturated/α-hetero) is 1. The van der Waals surface area contributed by atoms with E-state index in [1.54, 1.807) is 6.07 Å². The van der Waals surface area contributed by atoms with Crippen molar-refractivity contribution in [3.8, 4) is 22.6 Å². The van der Waals surface area contributed by atoms with Gasteiger partial charge < -0.3 is 9.47 Å². The smallest absolute Gasteiger partial charge is 0.231 e. The van der Waals surface area contributed by atoms with Crippen molar-refractivity contribution in [2.75, 3.05) is 6.79 Å². The molecule has 3 nitrogen and oxygen atoms in total. The fourth-order valence-corrected chi connectivity index (χ4v) is 4.37. The van der Waals surface area contributed by atoms with Crippen LogP contribution in [-0.2, 0) is 16.6 Å². The van der Waals surface area contributed by atoms with E-state index in [0.717, 1.165) is 40.7 Å². The third-order valence-electron chi connectivity index (χ3n) is 6.28. The Hall–Kier alpha value is -3.14. The topological polar surface area (TPSA) is 35.5 Å². The average Bonchev–Trinajstić information content (AvgIpc) is 3.41. The number of hydrogen-bond acceptors (Lipinski definition) is 3. The van der Waals surface area contributed by atoms with Crippen LogP contribution in [0.25, 0.3) is 11.1 Å². The van der Waals surface area contributed by atoms with E-state index in [1.807, 2.05) is 56.3 Å². The van der Waals surface area contributed by atoms with E-state index >= 15 is 0 Å². The van der Waals surface area contributed by atoms with Crippen molar-refractivity contribution in [1.82, 2.24) is 0 Å². The Bertz CT molecular complexity index is 1160. The van der Waals surface area contributed by atoms with Crippen LogP contribution in [0.2, 0.25) is 0 Å². The summed E-state index contributed by atoms with van der Waals surface area (Å²) >= 11 is 0. The number of hydrogen-bond donors (Lipinski definition) is 0. The van der Waals surface area contributed by atoms with Gasteiger partial charge in [-0.25, -0.2) is 4.39 Å². The van der Waals surface area contributed by atoms with Gasteiger partial charge in [0.2, 0.25) is 6.79 Å². The van der Waals surface area contributed by atoms with Gasteiger partial charge >= 0.3 is 0 Å². The van der Waals surface area contributed by atoms with Gasteiger partial charge in [-0.15, -0.1) is 0 Å². The standard InChI is InChI=1S/C26H23FO3/c1-16-4-3-5-18(10-16)21-12-19(22(27)11-17(21)2)13-25(28)26(8-9-26)20-6-7-23-24(14-20)30-15-29-23/h3-7,10-12,14H,8-9,13,15H2,1-2H3. The van der Waals surface area contributed by atoms with Crippen LogP contribution in [0, 0.1) is 19.7 Å². The minimum atomic E-state index is -0.540. The molecule has 5 rings (SSSR count). The number of carbonyl (C=O) groups is 1. The Kier molecular flexibility index (Phi) is 4.39. The Morgan fingerprint density at radius 1 is 1.00 bits per heavy atom. The molecule has 2 aliphatic rings. The maximum absolute atomic E-state index is 14.8. The molecule has 0 spiro atoms. The Morgan fingerprint density at radius 2 is 1.80 bits per heavy atom. The zero-order valence-corrected chi connectivity index (χ0v) is 17.1. The van der Waals surface area contributed by atoms with Crippen molar-refractivity contribution >= 4 is 5.78 Å². The molecule has 1 fully saturated rings. The number of halogens is 1. The lowest BCUT2D eigenvalue weighted by Crippen LogP contribution is -2.23. The molecule has 0 unspecified atom stereocenters. The third-order valence-corrected chi connectivity index (χ3v) is 6.28. The predicted octanol–water partition coefficient (Wildman–Crippen LogP) is 5.68. The van der Waals surface area contributed by atoms with Crippen LogP contribution in [0.5, 0.6) is 11.5 Å². The van der Waals surface area contributed by atoms with Gasteiger partial charge in [-0.2, -0.15) is 0 Å². The number of rotatable bonds is 5. The highest BCUT2D eigenvalue weighted by molar-refractivity contribution is 5.95. The molecule has 3 aromatic rings. The number of ether oxygens (including phenoxy) is 2. The van der Waals surface area contributed by atoms with Gasteiger partial charge in [0, 0.05) is 6.42 Å². The molecule has 3 aromatic carbocycles. The van der Waals surface area contributed by atoms with E-state index in [-0.39, 0.29) is 24.8 Å². The van der Waals surface area contributed by atoms with Gasteiger partial charge in [-0.05, 0) is 78.8 Å². The van der Waals surface area contributed by atoms with Crippen LogP contribution in [0.3, 0.4) is 0 Å². The molecule has 0 aromatic heterocycles. The highest BCUT2D eigenvalue weighted by atomic mass is 19.1. The monoisotopic (exact) mass is 402 g/mol. The summed E-state index contributed by atoms with van der Waals surface area (Å²) in [6, 6.07) is 17.2. The molecule has 1 saturated carbocycles. The maximum Gasteiger partial charge on any atom is 0.231 e. The molecule has 1 aliphatic heterocycles. The summed E-state index contributed by atoms with van der Waals surface area (Å²) in [5.74, 6) is 1.11. The van der Waals surface area contributed by atoms with Gasteiger partial charge in [0.05, 0.1) is 5.41 Å². The summed E-state index contributed by atoms with van der Waals surface area (Å²) < 4.78 is 25.6. The molecule has 0 saturated heterocycles. The van der Waals surface area contributed by atoms with Crippen molar-refractivity contribution in [1.29, 1.82) is 0 Å². The molecule has 1 aliphatic carbocycles. The van der Waals surface area contributed by atoms with Gasteiger partial charge in [0.1, 0.15) is 11.6 Å². The first-order valence-corrected chi connectivity index (χ1v) is 10.3. The molecule has 0 bridgehead atoms. The highest BCUT2D eigenvalue weighted by Crippen LogP contribution is 2.51.